The number of nitrogens with one attached hydrogen (secondary N) is 1. The maximum atomic E-state index is 8.77. The van der Waals surface area contributed by atoms with Gasteiger partial charge in [0.2, 0.25) is 0 Å². The van der Waals surface area contributed by atoms with Gasteiger partial charge in [0, 0.05) is 6.04 Å². The van der Waals surface area contributed by atoms with Crippen molar-refractivity contribution in [3.05, 3.63) is 17.8 Å². The van der Waals surface area contributed by atoms with Gasteiger partial charge in [0.25, 0.3) is 0 Å². The zero-order chi connectivity index (χ0) is 10.8. The van der Waals surface area contributed by atoms with Crippen molar-refractivity contribution in [3.8, 4) is 6.07 Å². The Labute approximate surface area is 89.1 Å². The van der Waals surface area contributed by atoms with Gasteiger partial charge in [-0.05, 0) is 24.5 Å². The molecule has 0 spiro atoms. The van der Waals surface area contributed by atoms with Crippen LogP contribution in [-0.4, -0.2) is 11.0 Å². The van der Waals surface area contributed by atoms with Crippen LogP contribution in [0.25, 0.3) is 0 Å². The van der Waals surface area contributed by atoms with Crippen molar-refractivity contribution in [1.82, 2.24) is 4.98 Å². The van der Waals surface area contributed by atoms with E-state index in [9.17, 15) is 0 Å². The summed E-state index contributed by atoms with van der Waals surface area (Å²) in [5, 5.41) is 12.1. The molecule has 0 aliphatic heterocycles. The summed E-state index contributed by atoms with van der Waals surface area (Å²) in [6.45, 7) is 2.18. The summed E-state index contributed by atoms with van der Waals surface area (Å²) >= 11 is 0. The standard InChI is InChI=1S/C11H14N4/c1-2-7-5-9(7)14-11-4-3-8(13)10(6-12)15-11/h3-4,7,9H,2,5,13H2,1H3,(H,14,15). The van der Waals surface area contributed by atoms with Crippen molar-refractivity contribution in [2.24, 2.45) is 5.92 Å². The topological polar surface area (TPSA) is 74.7 Å². The third-order valence-corrected chi connectivity index (χ3v) is 2.81. The van der Waals surface area contributed by atoms with Crippen molar-refractivity contribution in [2.45, 2.75) is 25.8 Å². The zero-order valence-corrected chi connectivity index (χ0v) is 8.70. The lowest BCUT2D eigenvalue weighted by atomic mass is 10.3. The molecule has 1 aliphatic carbocycles. The molecule has 2 rings (SSSR count). The number of anilines is 2. The lowest BCUT2D eigenvalue weighted by Crippen LogP contribution is -2.07. The first-order valence-corrected chi connectivity index (χ1v) is 5.17. The van der Waals surface area contributed by atoms with Crippen molar-refractivity contribution >= 4 is 11.5 Å². The number of nitrogens with zero attached hydrogens (tertiary/aromatic N) is 2. The number of nitrogen functional groups attached to an aromatic ring is 1. The minimum Gasteiger partial charge on any atom is -0.396 e. The molecule has 1 aromatic heterocycles. The van der Waals surface area contributed by atoms with E-state index in [-0.39, 0.29) is 0 Å². The molecule has 1 saturated carbocycles. The second-order valence-electron chi connectivity index (χ2n) is 3.90. The summed E-state index contributed by atoms with van der Waals surface area (Å²) in [5.41, 5.74) is 6.32. The SMILES string of the molecule is CCC1CC1Nc1ccc(N)c(C#N)n1. The minimum absolute atomic E-state index is 0.300. The minimum atomic E-state index is 0.300. The van der Waals surface area contributed by atoms with Gasteiger partial charge in [-0.25, -0.2) is 4.98 Å². The van der Waals surface area contributed by atoms with E-state index in [1.165, 1.54) is 12.8 Å². The number of nitriles is 1. The Morgan fingerprint density at radius 3 is 3.07 bits per heavy atom. The first-order chi connectivity index (χ1) is 7.24. The van der Waals surface area contributed by atoms with Crippen LogP contribution in [0.5, 0.6) is 0 Å². The van der Waals surface area contributed by atoms with Gasteiger partial charge < -0.3 is 11.1 Å². The average Bonchev–Trinajstić information content (AvgIpc) is 2.99. The van der Waals surface area contributed by atoms with Gasteiger partial charge in [0.15, 0.2) is 5.69 Å². The van der Waals surface area contributed by atoms with Crippen LogP contribution in [-0.2, 0) is 0 Å². The Bertz CT molecular complexity index is 408. The molecule has 1 heterocycles. The maximum Gasteiger partial charge on any atom is 0.165 e. The summed E-state index contributed by atoms with van der Waals surface area (Å²) in [5.74, 6) is 1.51. The van der Waals surface area contributed by atoms with E-state index in [1.807, 2.05) is 12.1 Å². The second kappa shape index (κ2) is 3.77. The van der Waals surface area contributed by atoms with Crippen molar-refractivity contribution in [1.29, 1.82) is 5.26 Å². The Morgan fingerprint density at radius 2 is 2.47 bits per heavy atom. The normalized spacial score (nSPS) is 23.2. The zero-order valence-electron chi connectivity index (χ0n) is 8.70. The maximum absolute atomic E-state index is 8.77. The van der Waals surface area contributed by atoms with Crippen LogP contribution in [0.4, 0.5) is 11.5 Å². The molecule has 1 aromatic rings. The van der Waals surface area contributed by atoms with Gasteiger partial charge >= 0.3 is 0 Å². The number of hydrogen-bond donors (Lipinski definition) is 2. The van der Waals surface area contributed by atoms with Crippen LogP contribution in [0.3, 0.4) is 0 Å². The first kappa shape index (κ1) is 9.78. The van der Waals surface area contributed by atoms with E-state index in [4.69, 9.17) is 11.0 Å². The van der Waals surface area contributed by atoms with E-state index in [0.717, 1.165) is 11.7 Å². The monoisotopic (exact) mass is 202 g/mol. The Balaban J connectivity index is 2.07. The first-order valence-electron chi connectivity index (χ1n) is 5.17. The van der Waals surface area contributed by atoms with Gasteiger partial charge in [0.05, 0.1) is 5.69 Å². The highest BCUT2D eigenvalue weighted by Gasteiger charge is 2.35. The van der Waals surface area contributed by atoms with E-state index in [1.54, 1.807) is 6.07 Å². The number of hydrogen-bond acceptors (Lipinski definition) is 4. The molecule has 1 fully saturated rings. The Hall–Kier alpha value is -1.76. The highest BCUT2D eigenvalue weighted by atomic mass is 15.1. The molecule has 78 valence electrons. The fourth-order valence-electron chi connectivity index (χ4n) is 1.71. The quantitative estimate of drug-likeness (QED) is 0.783. The lowest BCUT2D eigenvalue weighted by molar-refractivity contribution is 0.773. The number of nitrogens with two attached hydrogens (primary N) is 1. The van der Waals surface area contributed by atoms with E-state index in [2.05, 4.69) is 17.2 Å². The van der Waals surface area contributed by atoms with Crippen molar-refractivity contribution in [3.63, 3.8) is 0 Å². The summed E-state index contributed by atoms with van der Waals surface area (Å²) in [7, 11) is 0. The van der Waals surface area contributed by atoms with Crippen LogP contribution in [0.2, 0.25) is 0 Å². The molecule has 0 aromatic carbocycles. The summed E-state index contributed by atoms with van der Waals surface area (Å²) < 4.78 is 0. The summed E-state index contributed by atoms with van der Waals surface area (Å²) in [6.07, 6.45) is 2.39. The molecule has 1 aliphatic rings. The average molecular weight is 202 g/mol. The molecular formula is C11H14N4. The molecule has 15 heavy (non-hydrogen) atoms. The molecule has 0 bridgehead atoms. The second-order valence-corrected chi connectivity index (χ2v) is 3.90. The molecule has 2 atom stereocenters. The van der Waals surface area contributed by atoms with Crippen LogP contribution in [0, 0.1) is 17.2 Å². The molecule has 4 heteroatoms. The molecule has 3 N–H and O–H groups in total. The van der Waals surface area contributed by atoms with Gasteiger partial charge in [-0.1, -0.05) is 13.3 Å². The van der Waals surface area contributed by atoms with Gasteiger partial charge in [-0.2, -0.15) is 5.26 Å². The number of rotatable bonds is 3. The highest BCUT2D eigenvalue weighted by Crippen LogP contribution is 2.35. The fraction of sp³-hybridized carbons (Fsp3) is 0.455. The molecule has 0 saturated heterocycles. The summed E-state index contributed by atoms with van der Waals surface area (Å²) in [4.78, 5) is 4.14. The molecule has 2 unspecified atom stereocenters. The third-order valence-electron chi connectivity index (χ3n) is 2.81. The third kappa shape index (κ3) is 2.01. The summed E-state index contributed by atoms with van der Waals surface area (Å²) in [6, 6.07) is 6.04. The predicted molar refractivity (Wildman–Crippen MR) is 59.2 cm³/mol. The van der Waals surface area contributed by atoms with Crippen LogP contribution >= 0.6 is 0 Å². The Kier molecular flexibility index (Phi) is 2.46. The smallest absolute Gasteiger partial charge is 0.165 e. The van der Waals surface area contributed by atoms with E-state index < -0.39 is 0 Å². The van der Waals surface area contributed by atoms with Crippen molar-refractivity contribution in [2.75, 3.05) is 11.1 Å². The van der Waals surface area contributed by atoms with Gasteiger partial charge in [-0.3, -0.25) is 0 Å². The highest BCUT2D eigenvalue weighted by molar-refractivity contribution is 5.55. The molecule has 0 radical (unpaired) electrons. The molecule has 4 nitrogen and oxygen atoms in total. The van der Waals surface area contributed by atoms with Crippen molar-refractivity contribution < 1.29 is 0 Å². The van der Waals surface area contributed by atoms with E-state index >= 15 is 0 Å². The van der Waals surface area contributed by atoms with E-state index in [0.29, 0.717) is 17.4 Å². The van der Waals surface area contributed by atoms with Crippen LogP contribution in [0.1, 0.15) is 25.5 Å². The largest absolute Gasteiger partial charge is 0.396 e. The number of aromatic nitrogens is 1. The Morgan fingerprint density at radius 1 is 1.67 bits per heavy atom. The molecular weight excluding hydrogens is 188 g/mol. The lowest BCUT2D eigenvalue weighted by Gasteiger charge is -2.05. The molecule has 0 amide bonds. The van der Waals surface area contributed by atoms with Gasteiger partial charge in [0.1, 0.15) is 11.9 Å². The fourth-order valence-corrected chi connectivity index (χ4v) is 1.71. The van der Waals surface area contributed by atoms with Gasteiger partial charge in [-0.15, -0.1) is 0 Å². The predicted octanol–water partition coefficient (Wildman–Crippen LogP) is 1.75. The number of pyridine rings is 1. The van der Waals surface area contributed by atoms with Crippen LogP contribution < -0.4 is 11.1 Å². The van der Waals surface area contributed by atoms with Crippen LogP contribution in [0.15, 0.2) is 12.1 Å².